The molecule has 0 radical (unpaired) electrons. The topological polar surface area (TPSA) is 69.0 Å². The number of anilines is 1. The van der Waals surface area contributed by atoms with Gasteiger partial charge in [0, 0.05) is 0 Å². The number of benzene rings is 2. The SMILES string of the molecule is Cc1ccc(-n2nc(C)c(C(=O)Nc3ccccc3OC(F)F)n2)c(C)c1. The number of halogens is 2. The highest BCUT2D eigenvalue weighted by Crippen LogP contribution is 2.26. The Hall–Kier alpha value is -3.29. The van der Waals surface area contributed by atoms with Crippen LogP contribution in [0.4, 0.5) is 14.5 Å². The van der Waals surface area contributed by atoms with E-state index in [-0.39, 0.29) is 17.1 Å². The molecule has 3 aromatic rings. The normalized spacial score (nSPS) is 10.9. The van der Waals surface area contributed by atoms with Crippen molar-refractivity contribution in [2.45, 2.75) is 27.4 Å². The zero-order chi connectivity index (χ0) is 19.6. The number of nitrogens with one attached hydrogen (secondary N) is 1. The Kier molecular flexibility index (Phi) is 5.16. The van der Waals surface area contributed by atoms with E-state index in [1.54, 1.807) is 13.0 Å². The van der Waals surface area contributed by atoms with Crippen LogP contribution < -0.4 is 10.1 Å². The summed E-state index contributed by atoms with van der Waals surface area (Å²) in [5.41, 5.74) is 3.47. The van der Waals surface area contributed by atoms with E-state index in [4.69, 9.17) is 0 Å². The van der Waals surface area contributed by atoms with Gasteiger partial charge in [0.15, 0.2) is 5.69 Å². The van der Waals surface area contributed by atoms with Crippen LogP contribution in [-0.4, -0.2) is 27.5 Å². The summed E-state index contributed by atoms with van der Waals surface area (Å²) in [5, 5.41) is 11.1. The highest BCUT2D eigenvalue weighted by Gasteiger charge is 2.19. The van der Waals surface area contributed by atoms with Crippen LogP contribution in [0.25, 0.3) is 5.69 Å². The Morgan fingerprint density at radius 1 is 1.11 bits per heavy atom. The van der Waals surface area contributed by atoms with Gasteiger partial charge in [0.2, 0.25) is 0 Å². The van der Waals surface area contributed by atoms with E-state index < -0.39 is 12.5 Å². The molecule has 0 fully saturated rings. The average molecular weight is 372 g/mol. The van der Waals surface area contributed by atoms with E-state index in [0.717, 1.165) is 16.8 Å². The van der Waals surface area contributed by atoms with Gasteiger partial charge in [-0.2, -0.15) is 18.7 Å². The highest BCUT2D eigenvalue weighted by molar-refractivity contribution is 6.04. The second-order valence-electron chi connectivity index (χ2n) is 6.04. The third-order valence-corrected chi connectivity index (χ3v) is 3.92. The van der Waals surface area contributed by atoms with Gasteiger partial charge in [0.1, 0.15) is 5.75 Å². The molecule has 1 amide bonds. The number of aryl methyl sites for hydroxylation is 3. The maximum atomic E-state index is 12.6. The quantitative estimate of drug-likeness (QED) is 0.734. The highest BCUT2D eigenvalue weighted by atomic mass is 19.3. The smallest absolute Gasteiger partial charge is 0.387 e. The predicted octanol–water partition coefficient (Wildman–Crippen LogP) is 4.05. The van der Waals surface area contributed by atoms with Crippen molar-refractivity contribution in [3.63, 3.8) is 0 Å². The van der Waals surface area contributed by atoms with Crippen molar-refractivity contribution in [1.29, 1.82) is 0 Å². The van der Waals surface area contributed by atoms with E-state index >= 15 is 0 Å². The lowest BCUT2D eigenvalue weighted by Crippen LogP contribution is -2.16. The zero-order valence-corrected chi connectivity index (χ0v) is 15.0. The number of alkyl halides is 2. The van der Waals surface area contributed by atoms with Crippen molar-refractivity contribution >= 4 is 11.6 Å². The maximum Gasteiger partial charge on any atom is 0.387 e. The molecule has 0 saturated carbocycles. The third-order valence-electron chi connectivity index (χ3n) is 3.92. The number of nitrogens with zero attached hydrogens (tertiary/aromatic N) is 3. The first-order chi connectivity index (χ1) is 12.8. The summed E-state index contributed by atoms with van der Waals surface area (Å²) in [5.74, 6) is -0.686. The van der Waals surface area contributed by atoms with Gasteiger partial charge < -0.3 is 10.1 Å². The Morgan fingerprint density at radius 3 is 2.56 bits per heavy atom. The summed E-state index contributed by atoms with van der Waals surface area (Å²) in [6.45, 7) is 2.58. The summed E-state index contributed by atoms with van der Waals surface area (Å²) in [7, 11) is 0. The summed E-state index contributed by atoms with van der Waals surface area (Å²) in [6, 6.07) is 11.8. The molecule has 6 nitrogen and oxygen atoms in total. The average Bonchev–Trinajstić information content (AvgIpc) is 2.97. The largest absolute Gasteiger partial charge is 0.433 e. The Balaban J connectivity index is 1.88. The van der Waals surface area contributed by atoms with Crippen LogP contribution in [0.3, 0.4) is 0 Å². The van der Waals surface area contributed by atoms with Gasteiger partial charge in [-0.3, -0.25) is 4.79 Å². The number of carbonyl (C=O) groups excluding carboxylic acids is 1. The van der Waals surface area contributed by atoms with Crippen LogP contribution >= 0.6 is 0 Å². The first kappa shape index (κ1) is 18.5. The summed E-state index contributed by atoms with van der Waals surface area (Å²) in [6.07, 6.45) is 0. The molecule has 0 spiro atoms. The van der Waals surface area contributed by atoms with Crippen LogP contribution in [0.2, 0.25) is 0 Å². The van der Waals surface area contributed by atoms with E-state index in [9.17, 15) is 13.6 Å². The molecule has 0 bridgehead atoms. The van der Waals surface area contributed by atoms with Crippen molar-refractivity contribution in [2.24, 2.45) is 0 Å². The van der Waals surface area contributed by atoms with Gasteiger partial charge in [0.25, 0.3) is 5.91 Å². The van der Waals surface area contributed by atoms with Crippen molar-refractivity contribution < 1.29 is 18.3 Å². The van der Waals surface area contributed by atoms with E-state index in [0.29, 0.717) is 5.69 Å². The Labute approximate surface area is 154 Å². The fraction of sp³-hybridized carbons (Fsp3) is 0.211. The van der Waals surface area contributed by atoms with Crippen LogP contribution in [0, 0.1) is 20.8 Å². The van der Waals surface area contributed by atoms with Crippen molar-refractivity contribution in [2.75, 3.05) is 5.32 Å². The van der Waals surface area contributed by atoms with E-state index in [1.807, 2.05) is 32.0 Å². The van der Waals surface area contributed by atoms with Crippen LogP contribution in [-0.2, 0) is 0 Å². The van der Waals surface area contributed by atoms with E-state index in [1.165, 1.54) is 23.0 Å². The fourth-order valence-corrected chi connectivity index (χ4v) is 2.68. The monoisotopic (exact) mass is 372 g/mol. The lowest BCUT2D eigenvalue weighted by atomic mass is 10.1. The van der Waals surface area contributed by atoms with Gasteiger partial charge in [-0.15, -0.1) is 5.10 Å². The van der Waals surface area contributed by atoms with Crippen molar-refractivity contribution in [3.8, 4) is 11.4 Å². The Morgan fingerprint density at radius 2 is 1.85 bits per heavy atom. The van der Waals surface area contributed by atoms with Crippen molar-refractivity contribution in [1.82, 2.24) is 15.0 Å². The Bertz CT molecular complexity index is 986. The van der Waals surface area contributed by atoms with Gasteiger partial charge in [-0.25, -0.2) is 0 Å². The fourth-order valence-electron chi connectivity index (χ4n) is 2.68. The molecular weight excluding hydrogens is 354 g/mol. The molecular formula is C19H18F2N4O2. The summed E-state index contributed by atoms with van der Waals surface area (Å²) < 4.78 is 29.5. The molecule has 1 aromatic heterocycles. The minimum Gasteiger partial charge on any atom is -0.433 e. The zero-order valence-electron chi connectivity index (χ0n) is 15.0. The molecule has 140 valence electrons. The molecule has 3 rings (SSSR count). The van der Waals surface area contributed by atoms with Crippen LogP contribution in [0.5, 0.6) is 5.75 Å². The summed E-state index contributed by atoms with van der Waals surface area (Å²) in [4.78, 5) is 14.0. The number of hydrogen-bond acceptors (Lipinski definition) is 4. The molecule has 1 N–H and O–H groups in total. The molecule has 0 aliphatic rings. The standard InChI is InChI=1S/C19H18F2N4O2/c1-11-8-9-15(12(2)10-11)25-23-13(3)17(24-25)18(26)22-14-6-4-5-7-16(14)27-19(20)21/h4-10,19H,1-3H3,(H,22,26). The molecule has 1 heterocycles. The molecule has 27 heavy (non-hydrogen) atoms. The minimum atomic E-state index is -2.99. The predicted molar refractivity (Wildman–Crippen MR) is 96.6 cm³/mol. The lowest BCUT2D eigenvalue weighted by Gasteiger charge is -2.10. The number of para-hydroxylation sites is 2. The number of carbonyl (C=O) groups is 1. The number of hydrogen-bond donors (Lipinski definition) is 1. The van der Waals surface area contributed by atoms with Crippen LogP contribution in [0.15, 0.2) is 42.5 Å². The number of amides is 1. The maximum absolute atomic E-state index is 12.6. The summed E-state index contributed by atoms with van der Waals surface area (Å²) >= 11 is 0. The molecule has 2 aromatic carbocycles. The van der Waals surface area contributed by atoms with Crippen molar-refractivity contribution in [3.05, 3.63) is 65.0 Å². The van der Waals surface area contributed by atoms with Gasteiger partial charge in [-0.1, -0.05) is 29.8 Å². The van der Waals surface area contributed by atoms with Gasteiger partial charge in [-0.05, 0) is 44.5 Å². The molecule has 0 unspecified atom stereocenters. The molecule has 0 aliphatic carbocycles. The second kappa shape index (κ2) is 7.53. The molecule has 0 atom stereocenters. The number of ether oxygens (including phenoxy) is 1. The molecule has 0 saturated heterocycles. The first-order valence-corrected chi connectivity index (χ1v) is 8.22. The number of rotatable bonds is 5. The molecule has 8 heteroatoms. The molecule has 0 aliphatic heterocycles. The number of aromatic nitrogens is 3. The van der Waals surface area contributed by atoms with Gasteiger partial charge >= 0.3 is 6.61 Å². The second-order valence-corrected chi connectivity index (χ2v) is 6.04. The first-order valence-electron chi connectivity index (χ1n) is 8.22. The van der Waals surface area contributed by atoms with Crippen LogP contribution in [0.1, 0.15) is 27.3 Å². The minimum absolute atomic E-state index is 0.0989. The van der Waals surface area contributed by atoms with Gasteiger partial charge in [0.05, 0.1) is 17.1 Å². The third kappa shape index (κ3) is 4.11. The van der Waals surface area contributed by atoms with E-state index in [2.05, 4.69) is 20.3 Å². The lowest BCUT2D eigenvalue weighted by molar-refractivity contribution is -0.0493.